The maximum Gasteiger partial charge on any atom is 0.338 e. The van der Waals surface area contributed by atoms with Crippen LogP contribution in [0, 0.1) is 0 Å². The summed E-state index contributed by atoms with van der Waals surface area (Å²) in [6.45, 7) is 2.80. The van der Waals surface area contributed by atoms with E-state index in [1.165, 1.54) is 38.1 Å². The van der Waals surface area contributed by atoms with Crippen LogP contribution < -0.4 is 11.2 Å². The van der Waals surface area contributed by atoms with Crippen LogP contribution in [0.4, 0.5) is 0 Å². The lowest BCUT2D eigenvalue weighted by Gasteiger charge is -2.32. The quantitative estimate of drug-likeness (QED) is 0.316. The van der Waals surface area contributed by atoms with E-state index in [4.69, 9.17) is 18.4 Å². The second-order valence-electron chi connectivity index (χ2n) is 9.05. The third-order valence-electron chi connectivity index (χ3n) is 6.12. The van der Waals surface area contributed by atoms with Crippen molar-refractivity contribution < 1.29 is 36.4 Å². The van der Waals surface area contributed by atoms with Gasteiger partial charge < -0.3 is 14.2 Å². The van der Waals surface area contributed by atoms with Crippen molar-refractivity contribution in [2.24, 2.45) is 0 Å². The Balaban J connectivity index is 1.78. The second-order valence-corrected chi connectivity index (χ2v) is 10.7. The summed E-state index contributed by atoms with van der Waals surface area (Å²) in [5.41, 5.74) is -3.19. The summed E-state index contributed by atoms with van der Waals surface area (Å²) in [6, 6.07) is 17.0. The summed E-state index contributed by atoms with van der Waals surface area (Å²) in [4.78, 5) is 52.4. The fourth-order valence-corrected chi connectivity index (χ4v) is 4.98. The van der Waals surface area contributed by atoms with E-state index in [1.54, 1.807) is 36.4 Å². The SMILES string of the molecule is C[C@@H](OC(=O)c1ccccc1)[C@H]1O[C@@](C)(n2ccc(=O)[nH]c2=O)[C@H](OS(C)(=O)=O)[C@@H]1OC(=O)c1ccccc1. The summed E-state index contributed by atoms with van der Waals surface area (Å²) in [5.74, 6) is -1.55. The molecular formula is C26H26N2O10S. The molecule has 0 radical (unpaired) electrons. The van der Waals surface area contributed by atoms with Crippen molar-refractivity contribution in [2.45, 2.75) is 44.0 Å². The van der Waals surface area contributed by atoms with Crippen LogP contribution in [-0.4, -0.2) is 60.6 Å². The summed E-state index contributed by atoms with van der Waals surface area (Å²) < 4.78 is 48.4. The first-order valence-corrected chi connectivity index (χ1v) is 13.6. The molecule has 1 N–H and O–H groups in total. The highest BCUT2D eigenvalue weighted by atomic mass is 32.2. The van der Waals surface area contributed by atoms with E-state index in [9.17, 15) is 27.6 Å². The number of nitrogens with zero attached hydrogens (tertiary/aromatic N) is 1. The number of rotatable bonds is 8. The minimum atomic E-state index is -4.22. The molecule has 1 aliphatic heterocycles. The smallest absolute Gasteiger partial charge is 0.338 e. The number of hydrogen-bond acceptors (Lipinski definition) is 10. The molecule has 39 heavy (non-hydrogen) atoms. The lowest BCUT2D eigenvalue weighted by molar-refractivity contribution is -0.145. The number of benzene rings is 2. The lowest BCUT2D eigenvalue weighted by atomic mass is 10.0. The van der Waals surface area contributed by atoms with E-state index in [1.807, 2.05) is 0 Å². The topological polar surface area (TPSA) is 160 Å². The summed E-state index contributed by atoms with van der Waals surface area (Å²) in [7, 11) is -4.22. The monoisotopic (exact) mass is 558 g/mol. The standard InChI is InChI=1S/C26H26N2O10S/c1-16(35-23(30)17-10-6-4-7-11-17)20-21(36-24(31)18-12-8-5-9-13-18)22(38-39(3,33)34)26(2,37-20)28-15-14-19(29)27-25(28)32/h4-16,20-22H,1-3H3,(H,27,29,32)/t16-,20-,21-,22-,26-/m1/s1. The van der Waals surface area contributed by atoms with Crippen molar-refractivity contribution in [3.8, 4) is 0 Å². The van der Waals surface area contributed by atoms with Gasteiger partial charge in [-0.15, -0.1) is 0 Å². The largest absolute Gasteiger partial charge is 0.456 e. The molecule has 0 bridgehead atoms. The Morgan fingerprint density at radius 1 is 0.974 bits per heavy atom. The molecule has 1 fully saturated rings. The minimum Gasteiger partial charge on any atom is -0.456 e. The first-order valence-electron chi connectivity index (χ1n) is 11.8. The zero-order chi connectivity index (χ0) is 28.4. The van der Waals surface area contributed by atoms with Crippen LogP contribution in [-0.2, 0) is 34.2 Å². The number of aromatic amines is 1. The van der Waals surface area contributed by atoms with Gasteiger partial charge in [0.05, 0.1) is 17.4 Å². The van der Waals surface area contributed by atoms with E-state index in [0.29, 0.717) is 0 Å². The summed E-state index contributed by atoms with van der Waals surface area (Å²) >= 11 is 0. The van der Waals surface area contributed by atoms with Crippen LogP contribution in [0.5, 0.6) is 0 Å². The Hall–Kier alpha value is -4.07. The van der Waals surface area contributed by atoms with E-state index in [0.717, 1.165) is 23.1 Å². The van der Waals surface area contributed by atoms with E-state index in [2.05, 4.69) is 4.98 Å². The molecule has 13 heteroatoms. The van der Waals surface area contributed by atoms with Crippen LogP contribution in [0.3, 0.4) is 0 Å². The predicted octanol–water partition coefficient (Wildman–Crippen LogP) is 1.42. The maximum atomic E-state index is 13.1. The number of carbonyl (C=O) groups excluding carboxylic acids is 2. The molecule has 2 heterocycles. The molecular weight excluding hydrogens is 532 g/mol. The van der Waals surface area contributed by atoms with Crippen molar-refractivity contribution in [1.29, 1.82) is 0 Å². The molecule has 0 aliphatic carbocycles. The van der Waals surface area contributed by atoms with Gasteiger partial charge in [0.1, 0.15) is 12.2 Å². The average Bonchev–Trinajstić information content (AvgIpc) is 3.15. The number of esters is 2. The highest BCUT2D eigenvalue weighted by molar-refractivity contribution is 7.86. The Labute approximate surface area is 223 Å². The molecule has 0 unspecified atom stereocenters. The van der Waals surface area contributed by atoms with E-state index in [-0.39, 0.29) is 11.1 Å². The molecule has 206 valence electrons. The third-order valence-corrected chi connectivity index (χ3v) is 6.68. The first-order chi connectivity index (χ1) is 18.4. The van der Waals surface area contributed by atoms with Crippen LogP contribution in [0.2, 0.25) is 0 Å². The maximum absolute atomic E-state index is 13.1. The highest BCUT2D eigenvalue weighted by Gasteiger charge is 2.60. The molecule has 1 saturated heterocycles. The van der Waals surface area contributed by atoms with Gasteiger partial charge in [0.15, 0.2) is 17.9 Å². The zero-order valence-corrected chi connectivity index (χ0v) is 22.0. The van der Waals surface area contributed by atoms with Crippen molar-refractivity contribution in [3.63, 3.8) is 0 Å². The molecule has 5 atom stereocenters. The molecule has 4 rings (SSSR count). The van der Waals surface area contributed by atoms with Gasteiger partial charge in [0.2, 0.25) is 0 Å². The van der Waals surface area contributed by atoms with Gasteiger partial charge >= 0.3 is 17.6 Å². The fourth-order valence-electron chi connectivity index (χ4n) is 4.32. The molecule has 0 spiro atoms. The average molecular weight is 559 g/mol. The highest BCUT2D eigenvalue weighted by Crippen LogP contribution is 2.41. The van der Waals surface area contributed by atoms with Crippen molar-refractivity contribution >= 4 is 22.1 Å². The summed E-state index contributed by atoms with van der Waals surface area (Å²) in [6.07, 6.45) is -3.68. The molecule has 0 saturated carbocycles. The van der Waals surface area contributed by atoms with Crippen LogP contribution in [0.15, 0.2) is 82.5 Å². The van der Waals surface area contributed by atoms with Crippen LogP contribution >= 0.6 is 0 Å². The lowest BCUT2D eigenvalue weighted by Crippen LogP contribution is -2.52. The number of nitrogens with one attached hydrogen (secondary N) is 1. The predicted molar refractivity (Wildman–Crippen MR) is 137 cm³/mol. The second kappa shape index (κ2) is 11.0. The number of carbonyl (C=O) groups is 2. The molecule has 3 aromatic rings. The van der Waals surface area contributed by atoms with Gasteiger partial charge in [0.25, 0.3) is 15.7 Å². The first kappa shape index (κ1) is 28.0. The normalized spacial score (nSPS) is 23.6. The fraction of sp³-hybridized carbons (Fsp3) is 0.308. The van der Waals surface area contributed by atoms with Crippen LogP contribution in [0.1, 0.15) is 34.6 Å². The Morgan fingerprint density at radius 2 is 1.54 bits per heavy atom. The van der Waals surface area contributed by atoms with Crippen molar-refractivity contribution in [1.82, 2.24) is 9.55 Å². The molecule has 2 aromatic carbocycles. The Kier molecular flexibility index (Phi) is 7.86. The van der Waals surface area contributed by atoms with E-state index >= 15 is 0 Å². The number of ether oxygens (including phenoxy) is 3. The Bertz CT molecular complexity index is 1570. The number of hydrogen-bond donors (Lipinski definition) is 1. The van der Waals surface area contributed by atoms with Gasteiger partial charge in [-0.1, -0.05) is 36.4 Å². The van der Waals surface area contributed by atoms with Gasteiger partial charge in [-0.3, -0.25) is 18.5 Å². The minimum absolute atomic E-state index is 0.151. The zero-order valence-electron chi connectivity index (χ0n) is 21.2. The van der Waals surface area contributed by atoms with Crippen molar-refractivity contribution in [2.75, 3.05) is 6.26 Å². The number of H-pyrrole nitrogens is 1. The number of aromatic nitrogens is 2. The molecule has 1 aromatic heterocycles. The van der Waals surface area contributed by atoms with E-state index < -0.39 is 63.4 Å². The molecule has 0 amide bonds. The van der Waals surface area contributed by atoms with Crippen LogP contribution in [0.25, 0.3) is 0 Å². The Morgan fingerprint density at radius 3 is 2.08 bits per heavy atom. The molecule has 12 nitrogen and oxygen atoms in total. The summed E-state index contributed by atoms with van der Waals surface area (Å²) in [5, 5.41) is 0. The van der Waals surface area contributed by atoms with Crippen molar-refractivity contribution in [3.05, 3.63) is 105 Å². The van der Waals surface area contributed by atoms with Gasteiger partial charge in [-0.05, 0) is 38.1 Å². The third kappa shape index (κ3) is 6.16. The molecule has 1 aliphatic rings. The van der Waals surface area contributed by atoms with Gasteiger partial charge in [-0.25, -0.2) is 14.4 Å². The van der Waals surface area contributed by atoms with Gasteiger partial charge in [-0.2, -0.15) is 8.42 Å². The van der Waals surface area contributed by atoms with Gasteiger partial charge in [0, 0.05) is 12.3 Å².